The van der Waals surface area contributed by atoms with E-state index in [-0.39, 0.29) is 6.61 Å². The molecule has 0 fully saturated rings. The second kappa shape index (κ2) is 7.07. The normalized spacial score (nSPS) is 10.5. The third-order valence-corrected chi connectivity index (χ3v) is 3.80. The van der Waals surface area contributed by atoms with E-state index in [9.17, 15) is 5.11 Å². The number of aromatic nitrogens is 1. The Bertz CT molecular complexity index is 785. The van der Waals surface area contributed by atoms with Crippen molar-refractivity contribution in [2.45, 2.75) is 20.1 Å². The van der Waals surface area contributed by atoms with Crippen LogP contribution in [0.3, 0.4) is 0 Å². The zero-order valence-electron chi connectivity index (χ0n) is 13.1. The molecule has 3 nitrogen and oxygen atoms in total. The molecule has 3 heteroatoms. The smallest absolute Gasteiger partial charge is 0.128 e. The molecule has 0 spiro atoms. The molecule has 0 bridgehead atoms. The molecule has 1 aromatic heterocycles. The summed E-state index contributed by atoms with van der Waals surface area (Å²) < 4.78 is 6.04. The minimum absolute atomic E-state index is 0.00595. The fraction of sp³-hybridized carbons (Fsp3) is 0.150. The van der Waals surface area contributed by atoms with E-state index in [0.717, 1.165) is 33.6 Å². The zero-order chi connectivity index (χ0) is 16.1. The molecule has 0 aliphatic rings. The zero-order valence-corrected chi connectivity index (χ0v) is 13.1. The van der Waals surface area contributed by atoms with Crippen LogP contribution in [0.5, 0.6) is 5.75 Å². The van der Waals surface area contributed by atoms with Crippen molar-refractivity contribution in [2.75, 3.05) is 0 Å². The Labute approximate surface area is 136 Å². The minimum Gasteiger partial charge on any atom is -0.488 e. The lowest BCUT2D eigenvalue weighted by atomic mass is 10.0. The van der Waals surface area contributed by atoms with Gasteiger partial charge in [-0.3, -0.25) is 4.98 Å². The van der Waals surface area contributed by atoms with Gasteiger partial charge < -0.3 is 9.84 Å². The maximum absolute atomic E-state index is 9.40. The summed E-state index contributed by atoms with van der Waals surface area (Å²) in [5, 5.41) is 9.40. The van der Waals surface area contributed by atoms with E-state index in [1.54, 1.807) is 6.20 Å². The Morgan fingerprint density at radius 3 is 2.52 bits per heavy atom. The quantitative estimate of drug-likeness (QED) is 0.770. The first-order valence-corrected chi connectivity index (χ1v) is 7.59. The lowest BCUT2D eigenvalue weighted by molar-refractivity contribution is 0.278. The SMILES string of the molecule is Cc1ccncc1-c1ccc(CO)cc1OCc1ccccc1. The maximum Gasteiger partial charge on any atom is 0.128 e. The number of ether oxygens (including phenoxy) is 1. The predicted octanol–water partition coefficient (Wildman–Crippen LogP) is 4.13. The molecule has 3 aromatic rings. The highest BCUT2D eigenvalue weighted by Crippen LogP contribution is 2.33. The lowest BCUT2D eigenvalue weighted by Gasteiger charge is -2.14. The van der Waals surface area contributed by atoms with Crippen molar-refractivity contribution < 1.29 is 9.84 Å². The number of hydrogen-bond donors (Lipinski definition) is 1. The highest BCUT2D eigenvalue weighted by Gasteiger charge is 2.10. The first kappa shape index (κ1) is 15.3. The van der Waals surface area contributed by atoms with Crippen molar-refractivity contribution in [1.29, 1.82) is 0 Å². The third kappa shape index (κ3) is 3.58. The van der Waals surface area contributed by atoms with Crippen molar-refractivity contribution in [3.63, 3.8) is 0 Å². The molecule has 0 atom stereocenters. The van der Waals surface area contributed by atoms with Crippen LogP contribution >= 0.6 is 0 Å². The van der Waals surface area contributed by atoms with Gasteiger partial charge in [0.25, 0.3) is 0 Å². The number of aliphatic hydroxyl groups is 1. The fourth-order valence-corrected chi connectivity index (χ4v) is 2.49. The lowest BCUT2D eigenvalue weighted by Crippen LogP contribution is -1.99. The highest BCUT2D eigenvalue weighted by molar-refractivity contribution is 5.72. The first-order valence-electron chi connectivity index (χ1n) is 7.59. The summed E-state index contributed by atoms with van der Waals surface area (Å²) in [6.45, 7) is 2.54. The number of nitrogens with zero attached hydrogens (tertiary/aromatic N) is 1. The molecule has 0 aliphatic heterocycles. The molecule has 1 N–H and O–H groups in total. The van der Waals surface area contributed by atoms with Gasteiger partial charge in [0, 0.05) is 23.5 Å². The fourth-order valence-electron chi connectivity index (χ4n) is 2.49. The van der Waals surface area contributed by atoms with Gasteiger partial charge >= 0.3 is 0 Å². The van der Waals surface area contributed by atoms with Crippen LogP contribution in [-0.2, 0) is 13.2 Å². The van der Waals surface area contributed by atoms with Gasteiger partial charge in [0.2, 0.25) is 0 Å². The predicted molar refractivity (Wildman–Crippen MR) is 91.1 cm³/mol. The topological polar surface area (TPSA) is 42.4 Å². The van der Waals surface area contributed by atoms with Crippen LogP contribution in [0, 0.1) is 6.92 Å². The van der Waals surface area contributed by atoms with Crippen LogP contribution in [-0.4, -0.2) is 10.1 Å². The summed E-state index contributed by atoms with van der Waals surface area (Å²) in [5.41, 5.74) is 5.11. The Balaban J connectivity index is 1.95. The molecular formula is C20H19NO2. The third-order valence-electron chi connectivity index (χ3n) is 3.80. The van der Waals surface area contributed by atoms with Crippen molar-refractivity contribution in [3.8, 4) is 16.9 Å². The van der Waals surface area contributed by atoms with Gasteiger partial charge in [0.1, 0.15) is 12.4 Å². The van der Waals surface area contributed by atoms with Crippen molar-refractivity contribution in [2.24, 2.45) is 0 Å². The largest absolute Gasteiger partial charge is 0.488 e. The van der Waals surface area contributed by atoms with Crippen LogP contribution in [0.25, 0.3) is 11.1 Å². The number of aliphatic hydroxyl groups excluding tert-OH is 1. The van der Waals surface area contributed by atoms with Gasteiger partial charge in [-0.2, -0.15) is 0 Å². The summed E-state index contributed by atoms with van der Waals surface area (Å²) in [7, 11) is 0. The molecule has 23 heavy (non-hydrogen) atoms. The van der Waals surface area contributed by atoms with Gasteiger partial charge in [0.15, 0.2) is 0 Å². The number of pyridine rings is 1. The molecule has 0 radical (unpaired) electrons. The summed E-state index contributed by atoms with van der Waals surface area (Å²) in [6, 6.07) is 17.8. The second-order valence-corrected chi connectivity index (χ2v) is 5.45. The Hall–Kier alpha value is -2.65. The van der Waals surface area contributed by atoms with Crippen LogP contribution in [0.2, 0.25) is 0 Å². The van der Waals surface area contributed by atoms with E-state index in [2.05, 4.69) is 11.9 Å². The van der Waals surface area contributed by atoms with Gasteiger partial charge in [-0.1, -0.05) is 42.5 Å². The average Bonchev–Trinajstić information content (AvgIpc) is 2.61. The van der Waals surface area contributed by atoms with Gasteiger partial charge in [-0.15, -0.1) is 0 Å². The second-order valence-electron chi connectivity index (χ2n) is 5.45. The summed E-state index contributed by atoms with van der Waals surface area (Å²) >= 11 is 0. The molecule has 0 saturated carbocycles. The highest BCUT2D eigenvalue weighted by atomic mass is 16.5. The molecule has 0 saturated heterocycles. The number of aryl methyl sites for hydroxylation is 1. The van der Waals surface area contributed by atoms with Gasteiger partial charge in [-0.25, -0.2) is 0 Å². The Kier molecular flexibility index (Phi) is 4.69. The van der Waals surface area contributed by atoms with E-state index in [4.69, 9.17) is 4.74 Å². The van der Waals surface area contributed by atoms with E-state index < -0.39 is 0 Å². The molecule has 1 heterocycles. The van der Waals surface area contributed by atoms with E-state index in [1.807, 2.05) is 60.8 Å². The monoisotopic (exact) mass is 305 g/mol. The standard InChI is InChI=1S/C20H19NO2/c1-15-9-10-21-12-19(15)18-8-7-17(13-22)11-20(18)23-14-16-5-3-2-4-6-16/h2-12,22H,13-14H2,1H3. The molecule has 0 amide bonds. The van der Waals surface area contributed by atoms with E-state index in [1.165, 1.54) is 0 Å². The van der Waals surface area contributed by atoms with Crippen molar-refractivity contribution in [1.82, 2.24) is 4.98 Å². The summed E-state index contributed by atoms with van der Waals surface area (Å²) in [4.78, 5) is 4.22. The molecule has 0 unspecified atom stereocenters. The minimum atomic E-state index is -0.00595. The van der Waals surface area contributed by atoms with Crippen molar-refractivity contribution >= 4 is 0 Å². The van der Waals surface area contributed by atoms with Gasteiger partial charge in [-0.05, 0) is 35.7 Å². The molecule has 2 aromatic carbocycles. The van der Waals surface area contributed by atoms with Crippen LogP contribution in [0.15, 0.2) is 67.0 Å². The average molecular weight is 305 g/mol. The van der Waals surface area contributed by atoms with E-state index >= 15 is 0 Å². The molecular weight excluding hydrogens is 286 g/mol. The Morgan fingerprint density at radius 2 is 1.78 bits per heavy atom. The molecule has 116 valence electrons. The summed E-state index contributed by atoms with van der Waals surface area (Å²) in [6.07, 6.45) is 3.63. The van der Waals surface area contributed by atoms with Crippen LogP contribution < -0.4 is 4.74 Å². The maximum atomic E-state index is 9.40. The van der Waals surface area contributed by atoms with Crippen LogP contribution in [0.1, 0.15) is 16.7 Å². The van der Waals surface area contributed by atoms with Gasteiger partial charge in [0.05, 0.1) is 6.61 Å². The number of benzene rings is 2. The van der Waals surface area contributed by atoms with Crippen molar-refractivity contribution in [3.05, 3.63) is 83.7 Å². The van der Waals surface area contributed by atoms with Crippen LogP contribution in [0.4, 0.5) is 0 Å². The summed E-state index contributed by atoms with van der Waals surface area (Å²) in [5.74, 6) is 0.761. The Morgan fingerprint density at radius 1 is 0.957 bits per heavy atom. The number of rotatable bonds is 5. The number of hydrogen-bond acceptors (Lipinski definition) is 3. The first-order chi connectivity index (χ1) is 11.3. The molecule has 0 aliphatic carbocycles. The van der Waals surface area contributed by atoms with E-state index in [0.29, 0.717) is 6.61 Å². The molecule has 3 rings (SSSR count).